The molecule has 2 atom stereocenters. The number of hydrogen-bond donors (Lipinski definition) is 2. The highest BCUT2D eigenvalue weighted by Gasteiger charge is 2.37. The quantitative estimate of drug-likeness (QED) is 0.751. The molecule has 2 aliphatic rings. The second-order valence-corrected chi connectivity index (χ2v) is 8.78. The molecule has 1 aromatic carbocycles. The minimum atomic E-state index is -3.36. The van der Waals surface area contributed by atoms with E-state index in [9.17, 15) is 13.2 Å². The number of carbonyl (C=O) groups is 1. The van der Waals surface area contributed by atoms with Crippen molar-refractivity contribution in [3.8, 4) is 0 Å². The van der Waals surface area contributed by atoms with Crippen LogP contribution < -0.4 is 10.0 Å². The molecule has 7 heteroatoms. The molecule has 132 valence electrons. The molecule has 1 aromatic rings. The number of carbonyl (C=O) groups excluding carboxylic acids is 1. The van der Waals surface area contributed by atoms with E-state index in [0.717, 1.165) is 31.8 Å². The molecule has 6 nitrogen and oxygen atoms in total. The van der Waals surface area contributed by atoms with Crippen molar-refractivity contribution < 1.29 is 13.2 Å². The molecule has 1 heterocycles. The lowest BCUT2D eigenvalue weighted by atomic mass is 9.94. The lowest BCUT2D eigenvalue weighted by Gasteiger charge is -2.20. The lowest BCUT2D eigenvalue weighted by Crippen LogP contribution is -2.44. The summed E-state index contributed by atoms with van der Waals surface area (Å²) in [5.41, 5.74) is 1.22. The summed E-state index contributed by atoms with van der Waals surface area (Å²) in [6, 6.07) is 10.2. The summed E-state index contributed by atoms with van der Waals surface area (Å²) in [7, 11) is -3.36. The van der Waals surface area contributed by atoms with Gasteiger partial charge in [0.2, 0.25) is 15.9 Å². The zero-order valence-electron chi connectivity index (χ0n) is 13.9. The summed E-state index contributed by atoms with van der Waals surface area (Å²) in [6.45, 7) is 2.64. The first kappa shape index (κ1) is 17.4. The molecule has 2 N–H and O–H groups in total. The first-order chi connectivity index (χ1) is 11.4. The average Bonchev–Trinajstić information content (AvgIpc) is 3.25. The van der Waals surface area contributed by atoms with Crippen molar-refractivity contribution in [3.63, 3.8) is 0 Å². The lowest BCUT2D eigenvalue weighted by molar-refractivity contribution is -0.120. The van der Waals surface area contributed by atoms with Crippen LogP contribution in [0.5, 0.6) is 0 Å². The van der Waals surface area contributed by atoms with E-state index in [4.69, 9.17) is 0 Å². The van der Waals surface area contributed by atoms with Gasteiger partial charge in [0, 0.05) is 31.6 Å². The molecule has 0 bridgehead atoms. The van der Waals surface area contributed by atoms with Crippen LogP contribution in [0.25, 0.3) is 0 Å². The predicted octanol–water partition coefficient (Wildman–Crippen LogP) is 0.530. The van der Waals surface area contributed by atoms with Crippen LogP contribution in [0.1, 0.15) is 24.3 Å². The number of nitrogens with zero attached hydrogens (tertiary/aromatic N) is 1. The standard InChI is InChI=1S/C17H25N3O3S/c1-24(22,23)18-9-17(21)19-16-12-20(10-13-7-8-13)11-15(16)14-5-3-2-4-6-14/h2-6,13,15-16,18H,7-12H2,1H3,(H,19,21)/t15-,16+/m1/s1. The van der Waals surface area contributed by atoms with Gasteiger partial charge >= 0.3 is 0 Å². The van der Waals surface area contributed by atoms with Crippen molar-refractivity contribution in [1.29, 1.82) is 0 Å². The number of sulfonamides is 1. The molecule has 3 rings (SSSR count). The van der Waals surface area contributed by atoms with Crippen molar-refractivity contribution in [3.05, 3.63) is 35.9 Å². The fraction of sp³-hybridized carbons (Fsp3) is 0.588. The minimum absolute atomic E-state index is 0.0139. The van der Waals surface area contributed by atoms with Gasteiger partial charge in [0.15, 0.2) is 0 Å². The fourth-order valence-corrected chi connectivity index (χ4v) is 3.73. The first-order valence-electron chi connectivity index (χ1n) is 8.42. The third kappa shape index (κ3) is 5.03. The molecular formula is C17H25N3O3S. The molecule has 1 amide bonds. The molecule has 0 unspecified atom stereocenters. The van der Waals surface area contributed by atoms with Gasteiger partial charge in [-0.15, -0.1) is 0 Å². The second kappa shape index (κ2) is 7.21. The maximum atomic E-state index is 12.1. The maximum absolute atomic E-state index is 12.1. The van der Waals surface area contributed by atoms with Crippen LogP contribution in [0.15, 0.2) is 30.3 Å². The van der Waals surface area contributed by atoms with Crippen LogP contribution in [0.4, 0.5) is 0 Å². The maximum Gasteiger partial charge on any atom is 0.235 e. The summed E-state index contributed by atoms with van der Waals surface area (Å²) < 4.78 is 24.5. The topological polar surface area (TPSA) is 78.5 Å². The van der Waals surface area contributed by atoms with Crippen LogP contribution in [0, 0.1) is 5.92 Å². The van der Waals surface area contributed by atoms with Gasteiger partial charge in [-0.25, -0.2) is 13.1 Å². The Hall–Kier alpha value is -1.44. The van der Waals surface area contributed by atoms with Gasteiger partial charge in [-0.1, -0.05) is 30.3 Å². The Morgan fingerprint density at radius 2 is 1.92 bits per heavy atom. The zero-order chi connectivity index (χ0) is 17.2. The molecule has 2 fully saturated rings. The van der Waals surface area contributed by atoms with Crippen LogP contribution in [0.3, 0.4) is 0 Å². The highest BCUT2D eigenvalue weighted by atomic mass is 32.2. The van der Waals surface area contributed by atoms with Crippen molar-refractivity contribution in [1.82, 2.24) is 14.9 Å². The molecule has 1 aliphatic carbocycles. The number of rotatable bonds is 7. The van der Waals surface area contributed by atoms with Crippen molar-refractivity contribution >= 4 is 15.9 Å². The first-order valence-corrected chi connectivity index (χ1v) is 10.3. The smallest absolute Gasteiger partial charge is 0.235 e. The fourth-order valence-electron chi connectivity index (χ4n) is 3.34. The Morgan fingerprint density at radius 1 is 1.21 bits per heavy atom. The minimum Gasteiger partial charge on any atom is -0.350 e. The normalized spacial score (nSPS) is 24.9. The summed E-state index contributed by atoms with van der Waals surface area (Å²) >= 11 is 0. The largest absolute Gasteiger partial charge is 0.350 e. The summed E-state index contributed by atoms with van der Waals surface area (Å²) in [5.74, 6) is 0.773. The molecule has 24 heavy (non-hydrogen) atoms. The third-order valence-corrected chi connectivity index (χ3v) is 5.35. The van der Waals surface area contributed by atoms with E-state index in [0.29, 0.717) is 0 Å². The Morgan fingerprint density at radius 3 is 2.54 bits per heavy atom. The number of nitrogens with one attached hydrogen (secondary N) is 2. The molecule has 1 saturated carbocycles. The molecule has 1 saturated heterocycles. The van der Waals surface area contributed by atoms with E-state index in [-0.39, 0.29) is 24.4 Å². The summed E-state index contributed by atoms with van der Waals surface area (Å²) in [5, 5.41) is 3.02. The van der Waals surface area contributed by atoms with Crippen LogP contribution in [-0.4, -0.2) is 57.7 Å². The summed E-state index contributed by atoms with van der Waals surface area (Å²) in [4.78, 5) is 14.5. The Kier molecular flexibility index (Phi) is 5.22. The Balaban J connectivity index is 1.64. The third-order valence-electron chi connectivity index (χ3n) is 4.68. The van der Waals surface area contributed by atoms with Gasteiger partial charge in [0.25, 0.3) is 0 Å². The van der Waals surface area contributed by atoms with Gasteiger partial charge in [-0.3, -0.25) is 4.79 Å². The van der Waals surface area contributed by atoms with Gasteiger partial charge in [0.1, 0.15) is 0 Å². The highest BCUT2D eigenvalue weighted by molar-refractivity contribution is 7.88. The zero-order valence-corrected chi connectivity index (χ0v) is 14.8. The predicted molar refractivity (Wildman–Crippen MR) is 93.1 cm³/mol. The highest BCUT2D eigenvalue weighted by Crippen LogP contribution is 2.34. The van der Waals surface area contributed by atoms with Crippen molar-refractivity contribution in [2.45, 2.75) is 24.8 Å². The van der Waals surface area contributed by atoms with Crippen LogP contribution in [-0.2, 0) is 14.8 Å². The number of benzene rings is 1. The van der Waals surface area contributed by atoms with Crippen LogP contribution in [0.2, 0.25) is 0 Å². The monoisotopic (exact) mass is 351 g/mol. The van der Waals surface area contributed by atoms with Crippen LogP contribution >= 0.6 is 0 Å². The number of hydrogen-bond acceptors (Lipinski definition) is 4. The molecule has 0 radical (unpaired) electrons. The van der Waals surface area contributed by atoms with Gasteiger partial charge in [0.05, 0.1) is 12.8 Å². The molecule has 0 aromatic heterocycles. The van der Waals surface area contributed by atoms with Gasteiger partial charge in [-0.05, 0) is 24.3 Å². The van der Waals surface area contributed by atoms with Gasteiger partial charge < -0.3 is 10.2 Å². The number of amides is 1. The SMILES string of the molecule is CS(=O)(=O)NCC(=O)N[C@H]1CN(CC2CC2)C[C@@H]1c1ccccc1. The van der Waals surface area contributed by atoms with E-state index in [1.807, 2.05) is 18.2 Å². The average molecular weight is 351 g/mol. The molecule has 0 spiro atoms. The second-order valence-electron chi connectivity index (χ2n) is 6.95. The van der Waals surface area contributed by atoms with E-state index < -0.39 is 10.0 Å². The van der Waals surface area contributed by atoms with Crippen molar-refractivity contribution in [2.75, 3.05) is 32.4 Å². The Bertz CT molecular complexity index is 674. The molecule has 1 aliphatic heterocycles. The van der Waals surface area contributed by atoms with E-state index in [1.165, 1.54) is 18.4 Å². The number of likely N-dealkylation sites (tertiary alicyclic amines) is 1. The van der Waals surface area contributed by atoms with Crippen molar-refractivity contribution in [2.24, 2.45) is 5.92 Å². The summed E-state index contributed by atoms with van der Waals surface area (Å²) in [6.07, 6.45) is 3.67. The van der Waals surface area contributed by atoms with E-state index >= 15 is 0 Å². The van der Waals surface area contributed by atoms with E-state index in [1.54, 1.807) is 0 Å². The molecular weight excluding hydrogens is 326 g/mol. The van der Waals surface area contributed by atoms with E-state index in [2.05, 4.69) is 27.1 Å². The van der Waals surface area contributed by atoms with Gasteiger partial charge in [-0.2, -0.15) is 0 Å². The Labute approximate surface area is 143 Å².